The summed E-state index contributed by atoms with van der Waals surface area (Å²) in [5.41, 5.74) is 2.44. The topological polar surface area (TPSA) is 120 Å². The number of non-ortho nitro benzene ring substituents is 1. The first kappa shape index (κ1) is 18.9. The SMILES string of the molecule is Cc1ccc(-c2nnc(SC3CCN(c4cccc([N+](=O)[O-])c4)C3=O)n2N)cc1. The highest BCUT2D eigenvalue weighted by Gasteiger charge is 2.35. The Kier molecular flexibility index (Phi) is 4.93. The van der Waals surface area contributed by atoms with Crippen LogP contribution in [0, 0.1) is 17.0 Å². The van der Waals surface area contributed by atoms with Crippen LogP contribution in [0.25, 0.3) is 11.4 Å². The van der Waals surface area contributed by atoms with Crippen molar-refractivity contribution in [3.63, 3.8) is 0 Å². The molecule has 2 heterocycles. The maximum atomic E-state index is 12.9. The first-order valence-electron chi connectivity index (χ1n) is 8.94. The van der Waals surface area contributed by atoms with Gasteiger partial charge in [0.1, 0.15) is 0 Å². The standard InChI is InChI=1S/C19H18N6O3S/c1-12-5-7-13(8-6-12)17-21-22-19(24(17)20)29-16-9-10-23(18(16)26)14-3-2-4-15(11-14)25(27)28/h2-8,11,16H,9-10,20H2,1H3. The van der Waals surface area contributed by atoms with Crippen LogP contribution >= 0.6 is 11.8 Å². The van der Waals surface area contributed by atoms with Crippen molar-refractivity contribution in [2.24, 2.45) is 0 Å². The Labute approximate surface area is 170 Å². The number of nitro groups is 1. The molecule has 0 bridgehead atoms. The number of amides is 1. The van der Waals surface area contributed by atoms with Crippen molar-refractivity contribution >= 4 is 29.0 Å². The Morgan fingerprint density at radius 3 is 2.69 bits per heavy atom. The molecule has 3 aromatic rings. The predicted octanol–water partition coefficient (Wildman–Crippen LogP) is 2.77. The Bertz CT molecular complexity index is 1080. The van der Waals surface area contributed by atoms with Crippen LogP contribution in [0.2, 0.25) is 0 Å². The number of aryl methyl sites for hydroxylation is 1. The van der Waals surface area contributed by atoms with Crippen molar-refractivity contribution in [1.29, 1.82) is 0 Å². The molecular weight excluding hydrogens is 392 g/mol. The number of nitrogens with two attached hydrogens (primary N) is 1. The Morgan fingerprint density at radius 2 is 1.97 bits per heavy atom. The van der Waals surface area contributed by atoms with Gasteiger partial charge in [-0.1, -0.05) is 47.7 Å². The number of nitrogens with zero attached hydrogens (tertiary/aromatic N) is 5. The maximum absolute atomic E-state index is 12.9. The minimum atomic E-state index is -0.472. The summed E-state index contributed by atoms with van der Waals surface area (Å²) in [5, 5.41) is 19.4. The Hall–Kier alpha value is -3.40. The Balaban J connectivity index is 1.51. The molecule has 2 aromatic carbocycles. The normalized spacial score (nSPS) is 16.4. The minimum absolute atomic E-state index is 0.0455. The quantitative estimate of drug-likeness (QED) is 0.390. The van der Waals surface area contributed by atoms with Crippen LogP contribution in [0.5, 0.6) is 0 Å². The van der Waals surface area contributed by atoms with E-state index in [1.807, 2.05) is 31.2 Å². The van der Waals surface area contributed by atoms with E-state index in [0.29, 0.717) is 29.6 Å². The van der Waals surface area contributed by atoms with Gasteiger partial charge in [-0.2, -0.15) is 0 Å². The van der Waals surface area contributed by atoms with Crippen molar-refractivity contribution in [3.8, 4) is 11.4 Å². The largest absolute Gasteiger partial charge is 0.335 e. The number of nitro benzene ring substituents is 1. The zero-order chi connectivity index (χ0) is 20.5. The van der Waals surface area contributed by atoms with Crippen LogP contribution in [0.15, 0.2) is 53.7 Å². The lowest BCUT2D eigenvalue weighted by atomic mass is 10.1. The van der Waals surface area contributed by atoms with Gasteiger partial charge >= 0.3 is 0 Å². The van der Waals surface area contributed by atoms with Gasteiger partial charge in [-0.05, 0) is 19.4 Å². The first-order chi connectivity index (χ1) is 13.9. The van der Waals surface area contributed by atoms with Crippen molar-refractivity contribution < 1.29 is 9.72 Å². The molecule has 0 aliphatic carbocycles. The fourth-order valence-corrected chi connectivity index (χ4v) is 4.17. The number of anilines is 1. The molecule has 29 heavy (non-hydrogen) atoms. The second-order valence-corrected chi connectivity index (χ2v) is 7.87. The lowest BCUT2D eigenvalue weighted by Gasteiger charge is -2.16. The highest BCUT2D eigenvalue weighted by molar-refractivity contribution is 8.00. The Morgan fingerprint density at radius 1 is 1.21 bits per heavy atom. The third-order valence-corrected chi connectivity index (χ3v) is 5.94. The summed E-state index contributed by atoms with van der Waals surface area (Å²) in [6.07, 6.45) is 0.582. The van der Waals surface area contributed by atoms with E-state index in [2.05, 4.69) is 10.2 Å². The van der Waals surface area contributed by atoms with Crippen LogP contribution in [0.3, 0.4) is 0 Å². The summed E-state index contributed by atoms with van der Waals surface area (Å²) >= 11 is 1.25. The van der Waals surface area contributed by atoms with Crippen molar-refractivity contribution in [3.05, 3.63) is 64.2 Å². The van der Waals surface area contributed by atoms with E-state index in [1.54, 1.807) is 17.0 Å². The highest BCUT2D eigenvalue weighted by atomic mass is 32.2. The van der Waals surface area contributed by atoms with Gasteiger partial charge in [0.25, 0.3) is 5.69 Å². The number of aromatic nitrogens is 3. The third-order valence-electron chi connectivity index (χ3n) is 4.73. The van der Waals surface area contributed by atoms with Crippen molar-refractivity contribution in [2.75, 3.05) is 17.3 Å². The molecule has 1 unspecified atom stereocenters. The maximum Gasteiger partial charge on any atom is 0.271 e. The summed E-state index contributed by atoms with van der Waals surface area (Å²) in [7, 11) is 0. The number of hydrogen-bond donors (Lipinski definition) is 1. The van der Waals surface area contributed by atoms with E-state index in [0.717, 1.165) is 11.1 Å². The number of nitrogen functional groups attached to an aromatic ring is 1. The lowest BCUT2D eigenvalue weighted by molar-refractivity contribution is -0.384. The monoisotopic (exact) mass is 410 g/mol. The number of hydrogen-bond acceptors (Lipinski definition) is 7. The van der Waals surface area contributed by atoms with E-state index in [-0.39, 0.29) is 16.8 Å². The molecule has 0 radical (unpaired) electrons. The average Bonchev–Trinajstić information content (AvgIpc) is 3.26. The van der Waals surface area contributed by atoms with Crippen molar-refractivity contribution in [2.45, 2.75) is 23.8 Å². The molecule has 1 atom stereocenters. The molecular formula is C19H18N6O3S. The van der Waals surface area contributed by atoms with E-state index >= 15 is 0 Å². The highest BCUT2D eigenvalue weighted by Crippen LogP contribution is 2.34. The lowest BCUT2D eigenvalue weighted by Crippen LogP contribution is -2.28. The molecule has 4 rings (SSSR count). The minimum Gasteiger partial charge on any atom is -0.335 e. The second kappa shape index (κ2) is 7.55. The smallest absolute Gasteiger partial charge is 0.271 e. The van der Waals surface area contributed by atoms with Gasteiger partial charge in [0.2, 0.25) is 11.1 Å². The van der Waals surface area contributed by atoms with Crippen LogP contribution in [0.1, 0.15) is 12.0 Å². The molecule has 9 nitrogen and oxygen atoms in total. The summed E-state index contributed by atoms with van der Waals surface area (Å²) in [6.45, 7) is 2.47. The van der Waals surface area contributed by atoms with Gasteiger partial charge in [-0.3, -0.25) is 14.9 Å². The first-order valence-corrected chi connectivity index (χ1v) is 9.82. The molecule has 10 heteroatoms. The molecule has 1 amide bonds. The average molecular weight is 410 g/mol. The van der Waals surface area contributed by atoms with Crippen LogP contribution in [0.4, 0.5) is 11.4 Å². The molecule has 1 aliphatic rings. The zero-order valence-corrected chi connectivity index (χ0v) is 16.4. The molecule has 0 spiro atoms. The zero-order valence-electron chi connectivity index (χ0n) is 15.6. The fourth-order valence-electron chi connectivity index (χ4n) is 3.18. The second-order valence-electron chi connectivity index (χ2n) is 6.70. The number of carbonyl (C=O) groups is 1. The molecule has 1 fully saturated rings. The summed E-state index contributed by atoms with van der Waals surface area (Å²) in [4.78, 5) is 24.9. The van der Waals surface area contributed by atoms with Gasteiger partial charge in [0, 0.05) is 24.2 Å². The molecule has 148 valence electrons. The number of carbonyl (C=O) groups excluding carboxylic acids is 1. The van der Waals surface area contributed by atoms with E-state index < -0.39 is 4.92 Å². The molecule has 0 saturated carbocycles. The molecule has 1 aromatic heterocycles. The summed E-state index contributed by atoms with van der Waals surface area (Å²) in [6, 6.07) is 13.8. The number of benzene rings is 2. The van der Waals surface area contributed by atoms with Gasteiger partial charge in [-0.25, -0.2) is 4.68 Å². The molecule has 1 aliphatic heterocycles. The van der Waals surface area contributed by atoms with Gasteiger partial charge in [-0.15, -0.1) is 10.2 Å². The fraction of sp³-hybridized carbons (Fsp3) is 0.211. The third kappa shape index (κ3) is 3.66. The van der Waals surface area contributed by atoms with Gasteiger partial charge in [0.15, 0.2) is 5.82 Å². The summed E-state index contributed by atoms with van der Waals surface area (Å²) in [5.74, 6) is 6.56. The molecule has 1 saturated heterocycles. The molecule has 2 N–H and O–H groups in total. The number of thioether (sulfide) groups is 1. The van der Waals surface area contributed by atoms with E-state index in [1.165, 1.54) is 28.6 Å². The van der Waals surface area contributed by atoms with Gasteiger partial charge in [0.05, 0.1) is 15.9 Å². The van der Waals surface area contributed by atoms with Crippen LogP contribution < -0.4 is 10.7 Å². The van der Waals surface area contributed by atoms with E-state index in [9.17, 15) is 14.9 Å². The van der Waals surface area contributed by atoms with Crippen LogP contribution in [-0.4, -0.2) is 37.5 Å². The van der Waals surface area contributed by atoms with Crippen molar-refractivity contribution in [1.82, 2.24) is 14.9 Å². The van der Waals surface area contributed by atoms with E-state index in [4.69, 9.17) is 5.84 Å². The van der Waals surface area contributed by atoms with Crippen LogP contribution in [-0.2, 0) is 4.79 Å². The summed E-state index contributed by atoms with van der Waals surface area (Å²) < 4.78 is 1.39. The predicted molar refractivity (Wildman–Crippen MR) is 110 cm³/mol. The van der Waals surface area contributed by atoms with Gasteiger partial charge < -0.3 is 10.7 Å². The number of rotatable bonds is 5.